The van der Waals surface area contributed by atoms with E-state index in [1.54, 1.807) is 29.3 Å². The monoisotopic (exact) mass is 387 g/mol. The molecule has 7 heteroatoms. The predicted octanol–water partition coefficient (Wildman–Crippen LogP) is 3.94. The Morgan fingerprint density at radius 1 is 1.07 bits per heavy atom. The van der Waals surface area contributed by atoms with Crippen LogP contribution in [-0.2, 0) is 12.8 Å². The van der Waals surface area contributed by atoms with E-state index < -0.39 is 0 Å². The number of nitrogens with zero attached hydrogens (tertiary/aromatic N) is 4. The summed E-state index contributed by atoms with van der Waals surface area (Å²) in [7, 11) is 0. The Hall–Kier alpha value is -3.74. The molecule has 1 amide bonds. The highest BCUT2D eigenvalue weighted by atomic mass is 19.1. The molecule has 5 rings (SSSR count). The van der Waals surface area contributed by atoms with Crippen LogP contribution in [0.5, 0.6) is 0 Å². The molecule has 4 aromatic rings. The Bertz CT molecular complexity index is 1180. The van der Waals surface area contributed by atoms with Gasteiger partial charge >= 0.3 is 0 Å². The van der Waals surface area contributed by atoms with Gasteiger partial charge in [0.2, 0.25) is 0 Å². The maximum absolute atomic E-state index is 13.3. The third kappa shape index (κ3) is 3.10. The molecule has 29 heavy (non-hydrogen) atoms. The molecule has 1 N–H and O–H groups in total. The van der Waals surface area contributed by atoms with Crippen molar-refractivity contribution in [1.29, 1.82) is 0 Å². The van der Waals surface area contributed by atoms with Crippen LogP contribution in [0.1, 0.15) is 28.2 Å². The van der Waals surface area contributed by atoms with Crippen molar-refractivity contribution in [2.45, 2.75) is 19.3 Å². The number of anilines is 1. The van der Waals surface area contributed by atoms with Crippen molar-refractivity contribution in [3.05, 3.63) is 90.0 Å². The summed E-state index contributed by atoms with van der Waals surface area (Å²) in [6.45, 7) is 0. The van der Waals surface area contributed by atoms with Gasteiger partial charge in [0.15, 0.2) is 5.69 Å². The van der Waals surface area contributed by atoms with E-state index in [1.807, 2.05) is 35.0 Å². The number of benzene rings is 2. The first-order chi connectivity index (χ1) is 14.2. The molecule has 144 valence electrons. The van der Waals surface area contributed by atoms with Gasteiger partial charge in [0.25, 0.3) is 5.91 Å². The van der Waals surface area contributed by atoms with Crippen LogP contribution in [-0.4, -0.2) is 25.2 Å². The van der Waals surface area contributed by atoms with Crippen molar-refractivity contribution < 1.29 is 9.18 Å². The summed E-state index contributed by atoms with van der Waals surface area (Å²) in [5, 5.41) is 7.58. The number of carbonyl (C=O) groups excluding carboxylic acids is 1. The first-order valence-electron chi connectivity index (χ1n) is 9.46. The molecule has 6 nitrogen and oxygen atoms in total. The third-order valence-electron chi connectivity index (χ3n) is 5.15. The molecule has 0 bridgehead atoms. The molecule has 0 unspecified atom stereocenters. The van der Waals surface area contributed by atoms with Gasteiger partial charge in [0.1, 0.15) is 5.82 Å². The van der Waals surface area contributed by atoms with Gasteiger partial charge in [-0.3, -0.25) is 4.79 Å². The second kappa shape index (κ2) is 7.01. The summed E-state index contributed by atoms with van der Waals surface area (Å²) in [4.78, 5) is 17.2. The number of nitrogens with one attached hydrogen (secondary N) is 1. The van der Waals surface area contributed by atoms with Gasteiger partial charge in [-0.25, -0.2) is 14.1 Å². The molecule has 2 aromatic carbocycles. The molecule has 0 saturated carbocycles. The van der Waals surface area contributed by atoms with Crippen LogP contribution in [0.4, 0.5) is 10.1 Å². The molecule has 1 aliphatic rings. The lowest BCUT2D eigenvalue weighted by molar-refractivity contribution is 0.102. The number of hydrogen-bond donors (Lipinski definition) is 1. The molecule has 2 aromatic heterocycles. The Balaban J connectivity index is 1.51. The number of para-hydroxylation sites is 2. The van der Waals surface area contributed by atoms with E-state index >= 15 is 0 Å². The highest BCUT2D eigenvalue weighted by Crippen LogP contribution is 2.29. The van der Waals surface area contributed by atoms with Crippen LogP contribution >= 0.6 is 0 Å². The van der Waals surface area contributed by atoms with Gasteiger partial charge in [0.05, 0.1) is 23.4 Å². The number of carbonyl (C=O) groups is 1. The Labute approximate surface area is 166 Å². The zero-order valence-corrected chi connectivity index (χ0v) is 15.5. The van der Waals surface area contributed by atoms with Gasteiger partial charge in [-0.15, -0.1) is 0 Å². The second-order valence-corrected chi connectivity index (χ2v) is 6.96. The molecular formula is C22H18FN5O. The fourth-order valence-corrected chi connectivity index (χ4v) is 3.80. The van der Waals surface area contributed by atoms with Crippen molar-refractivity contribution in [2.75, 3.05) is 5.32 Å². The van der Waals surface area contributed by atoms with Crippen LogP contribution in [0.25, 0.3) is 11.4 Å². The number of rotatable bonds is 4. The fourth-order valence-electron chi connectivity index (χ4n) is 3.80. The fraction of sp³-hybridized carbons (Fsp3) is 0.136. The van der Waals surface area contributed by atoms with E-state index in [1.165, 1.54) is 12.1 Å². The minimum absolute atomic E-state index is 0.253. The summed E-state index contributed by atoms with van der Waals surface area (Å²) in [6, 6.07) is 13.7. The molecule has 0 spiro atoms. The molecule has 0 fully saturated rings. The quantitative estimate of drug-likeness (QED) is 0.577. The molecule has 1 aliphatic carbocycles. The zero-order valence-electron chi connectivity index (χ0n) is 15.5. The highest BCUT2D eigenvalue weighted by Gasteiger charge is 2.27. The third-order valence-corrected chi connectivity index (χ3v) is 5.15. The lowest BCUT2D eigenvalue weighted by Crippen LogP contribution is -2.16. The summed E-state index contributed by atoms with van der Waals surface area (Å²) < 4.78 is 16.9. The lowest BCUT2D eigenvalue weighted by atomic mass is 10.2. The topological polar surface area (TPSA) is 64.7 Å². The number of fused-ring (bicyclic) bond motifs is 1. The summed E-state index contributed by atoms with van der Waals surface area (Å²) >= 11 is 0. The smallest absolute Gasteiger partial charge is 0.276 e. The zero-order chi connectivity index (χ0) is 19.8. The molecule has 0 radical (unpaired) electrons. The van der Waals surface area contributed by atoms with Gasteiger partial charge < -0.3 is 9.88 Å². The van der Waals surface area contributed by atoms with Crippen molar-refractivity contribution >= 4 is 11.6 Å². The summed E-state index contributed by atoms with van der Waals surface area (Å²) in [5.74, 6) is -0.553. The average Bonchev–Trinajstić information content (AvgIpc) is 3.47. The normalized spacial score (nSPS) is 12.7. The number of hydrogen-bond acceptors (Lipinski definition) is 3. The molecule has 0 saturated heterocycles. The summed E-state index contributed by atoms with van der Waals surface area (Å²) in [5.41, 5.74) is 4.66. The minimum Gasteiger partial charge on any atom is -0.319 e. The van der Waals surface area contributed by atoms with E-state index in [0.29, 0.717) is 11.4 Å². The average molecular weight is 387 g/mol. The maximum Gasteiger partial charge on any atom is 0.276 e. The first kappa shape index (κ1) is 17.4. The van der Waals surface area contributed by atoms with Crippen LogP contribution < -0.4 is 5.32 Å². The number of halogens is 1. The molecular weight excluding hydrogens is 369 g/mol. The highest BCUT2D eigenvalue weighted by molar-refractivity contribution is 6.05. The standard InChI is InChI=1S/C22H18FN5O/c23-15-8-10-16(11-9-15)28-19-7-3-4-17(19)21(26-28)22(29)25-18-5-1-2-6-20(18)27-13-12-24-14-27/h1-2,5-6,8-14H,3-4,7H2,(H,25,29). The number of imidazole rings is 1. The van der Waals surface area contributed by atoms with E-state index in [2.05, 4.69) is 15.4 Å². The minimum atomic E-state index is -0.299. The van der Waals surface area contributed by atoms with Crippen LogP contribution in [0.15, 0.2) is 67.3 Å². The van der Waals surface area contributed by atoms with E-state index in [-0.39, 0.29) is 11.7 Å². The van der Waals surface area contributed by atoms with Gasteiger partial charge in [0, 0.05) is 23.7 Å². The van der Waals surface area contributed by atoms with Crippen molar-refractivity contribution in [2.24, 2.45) is 0 Å². The Kier molecular flexibility index (Phi) is 4.20. The Morgan fingerprint density at radius 2 is 1.90 bits per heavy atom. The Morgan fingerprint density at radius 3 is 2.69 bits per heavy atom. The van der Waals surface area contributed by atoms with Crippen molar-refractivity contribution in [1.82, 2.24) is 19.3 Å². The van der Waals surface area contributed by atoms with Crippen molar-refractivity contribution in [3.63, 3.8) is 0 Å². The van der Waals surface area contributed by atoms with Crippen molar-refractivity contribution in [3.8, 4) is 11.4 Å². The molecule has 0 atom stereocenters. The molecule has 0 aliphatic heterocycles. The largest absolute Gasteiger partial charge is 0.319 e. The molecule has 2 heterocycles. The number of aromatic nitrogens is 4. The SMILES string of the molecule is O=C(Nc1ccccc1-n1ccnc1)c1nn(-c2ccc(F)cc2)c2c1CCC2. The van der Waals surface area contributed by atoms with Crippen LogP contribution in [0, 0.1) is 5.82 Å². The maximum atomic E-state index is 13.3. The van der Waals surface area contributed by atoms with Crippen LogP contribution in [0.3, 0.4) is 0 Å². The van der Waals surface area contributed by atoms with E-state index in [0.717, 1.165) is 41.9 Å². The summed E-state index contributed by atoms with van der Waals surface area (Å²) in [6.07, 6.45) is 7.83. The lowest BCUT2D eigenvalue weighted by Gasteiger charge is -2.11. The van der Waals surface area contributed by atoms with E-state index in [9.17, 15) is 9.18 Å². The number of amides is 1. The van der Waals surface area contributed by atoms with E-state index in [4.69, 9.17) is 0 Å². The second-order valence-electron chi connectivity index (χ2n) is 6.96. The van der Waals surface area contributed by atoms with Gasteiger partial charge in [-0.1, -0.05) is 12.1 Å². The van der Waals surface area contributed by atoms with Gasteiger partial charge in [-0.05, 0) is 55.7 Å². The first-order valence-corrected chi connectivity index (χ1v) is 9.46. The van der Waals surface area contributed by atoms with Crippen LogP contribution in [0.2, 0.25) is 0 Å². The van der Waals surface area contributed by atoms with Gasteiger partial charge in [-0.2, -0.15) is 5.10 Å². The predicted molar refractivity (Wildman–Crippen MR) is 107 cm³/mol.